The van der Waals surface area contributed by atoms with Crippen molar-refractivity contribution in [2.75, 3.05) is 13.1 Å². The van der Waals surface area contributed by atoms with E-state index in [1.54, 1.807) is 0 Å². The molecule has 0 amide bonds. The second-order valence-corrected chi connectivity index (χ2v) is 7.72. The molecular formula is C15H28N6O2. The highest BCUT2D eigenvalue weighted by atomic mass is 16.5. The molecule has 8 nitrogen and oxygen atoms in total. The van der Waals surface area contributed by atoms with Crippen LogP contribution in [0.25, 0.3) is 0 Å². The van der Waals surface area contributed by atoms with Crippen LogP contribution in [0.2, 0.25) is 0 Å². The van der Waals surface area contributed by atoms with Gasteiger partial charge < -0.3 is 4.74 Å². The molecule has 2 spiro atoms. The van der Waals surface area contributed by atoms with Crippen LogP contribution in [0.4, 0.5) is 0 Å². The van der Waals surface area contributed by atoms with Crippen LogP contribution in [-0.4, -0.2) is 36.2 Å². The zero-order chi connectivity index (χ0) is 15.8. The summed E-state index contributed by atoms with van der Waals surface area (Å²) in [6, 6.07) is 0. The van der Waals surface area contributed by atoms with E-state index >= 15 is 0 Å². The van der Waals surface area contributed by atoms with Gasteiger partial charge in [0.1, 0.15) is 6.10 Å². The van der Waals surface area contributed by atoms with E-state index < -0.39 is 0 Å². The highest BCUT2D eigenvalue weighted by Crippen LogP contribution is 2.35. The third kappa shape index (κ3) is 3.24. The van der Waals surface area contributed by atoms with Crippen molar-refractivity contribution in [3.8, 4) is 0 Å². The van der Waals surface area contributed by atoms with E-state index in [9.17, 15) is 4.79 Å². The monoisotopic (exact) mass is 324 g/mol. The van der Waals surface area contributed by atoms with Gasteiger partial charge in [-0.2, -0.15) is 11.1 Å². The molecule has 4 fully saturated rings. The van der Waals surface area contributed by atoms with Crippen molar-refractivity contribution in [3.05, 3.63) is 0 Å². The van der Waals surface area contributed by atoms with E-state index in [-0.39, 0.29) is 29.1 Å². The van der Waals surface area contributed by atoms with Crippen LogP contribution < -0.4 is 32.8 Å². The molecule has 4 aliphatic rings. The van der Waals surface area contributed by atoms with E-state index in [0.29, 0.717) is 0 Å². The van der Waals surface area contributed by atoms with Crippen molar-refractivity contribution in [1.29, 1.82) is 0 Å². The molecule has 0 aromatic carbocycles. The number of rotatable bonds is 2. The van der Waals surface area contributed by atoms with Crippen molar-refractivity contribution in [2.24, 2.45) is 5.92 Å². The number of esters is 1. The van der Waals surface area contributed by atoms with Crippen LogP contribution in [0.5, 0.6) is 0 Å². The van der Waals surface area contributed by atoms with Crippen molar-refractivity contribution >= 4 is 5.97 Å². The first-order valence-corrected chi connectivity index (χ1v) is 8.89. The summed E-state index contributed by atoms with van der Waals surface area (Å²) < 4.78 is 5.92. The predicted octanol–water partition coefficient (Wildman–Crippen LogP) is -0.635. The minimum Gasteiger partial charge on any atom is -0.462 e. The fourth-order valence-electron chi connectivity index (χ4n) is 4.65. The summed E-state index contributed by atoms with van der Waals surface area (Å²) in [5.74, 6) is 0.0161. The zero-order valence-corrected chi connectivity index (χ0v) is 13.5. The summed E-state index contributed by atoms with van der Waals surface area (Å²) in [6.45, 7) is 1.75. The van der Waals surface area contributed by atoms with Crippen molar-refractivity contribution in [3.63, 3.8) is 0 Å². The lowest BCUT2D eigenvalue weighted by Crippen LogP contribution is -2.52. The standard InChI is InChI=1S/C15H28N6O2/c22-13(11-3-1-5-14(7-11)9-16-20-18-14)23-12-4-2-6-15(8-12)10-17-21-19-15/h11-12,16-21H,1-10H2. The van der Waals surface area contributed by atoms with Crippen LogP contribution >= 0.6 is 0 Å². The lowest BCUT2D eigenvalue weighted by Gasteiger charge is -2.39. The third-order valence-corrected chi connectivity index (χ3v) is 5.95. The minimum atomic E-state index is -0.00117. The summed E-state index contributed by atoms with van der Waals surface area (Å²) in [7, 11) is 0. The summed E-state index contributed by atoms with van der Waals surface area (Å²) in [4.78, 5) is 12.7. The molecule has 0 radical (unpaired) electrons. The molecule has 0 aromatic heterocycles. The van der Waals surface area contributed by atoms with Gasteiger partial charge in [-0.25, -0.2) is 21.7 Å². The number of hydrogen-bond acceptors (Lipinski definition) is 8. The fraction of sp³-hybridized carbons (Fsp3) is 0.933. The van der Waals surface area contributed by atoms with E-state index in [4.69, 9.17) is 4.74 Å². The normalized spacial score (nSPS) is 44.0. The Kier molecular flexibility index (Phi) is 4.29. The van der Waals surface area contributed by atoms with Crippen LogP contribution in [0, 0.1) is 5.92 Å². The number of hydrazine groups is 4. The van der Waals surface area contributed by atoms with Gasteiger partial charge in [0.15, 0.2) is 0 Å². The van der Waals surface area contributed by atoms with E-state index in [1.807, 2.05) is 0 Å². The van der Waals surface area contributed by atoms with Gasteiger partial charge in [-0.15, -0.1) is 0 Å². The molecule has 2 saturated heterocycles. The molecule has 0 aromatic rings. The van der Waals surface area contributed by atoms with Gasteiger partial charge in [-0.1, -0.05) is 6.42 Å². The molecule has 2 aliphatic heterocycles. The second kappa shape index (κ2) is 6.27. The first kappa shape index (κ1) is 15.7. The number of ether oxygens (including phenoxy) is 1. The molecule has 4 unspecified atom stereocenters. The molecule has 4 rings (SSSR count). The summed E-state index contributed by atoms with van der Waals surface area (Å²) >= 11 is 0. The number of nitrogens with one attached hydrogen (secondary N) is 6. The molecule has 130 valence electrons. The Labute approximate surface area is 136 Å². The average molecular weight is 324 g/mol. The maximum atomic E-state index is 12.7. The third-order valence-electron chi connectivity index (χ3n) is 5.95. The summed E-state index contributed by atoms with van der Waals surface area (Å²) in [6.07, 6.45) is 8.09. The van der Waals surface area contributed by atoms with Crippen molar-refractivity contribution < 1.29 is 9.53 Å². The lowest BCUT2D eigenvalue weighted by atomic mass is 9.76. The maximum absolute atomic E-state index is 12.7. The van der Waals surface area contributed by atoms with E-state index in [1.165, 1.54) is 0 Å². The highest BCUT2D eigenvalue weighted by molar-refractivity contribution is 5.73. The number of carbonyl (C=O) groups excluding carboxylic acids is 1. The predicted molar refractivity (Wildman–Crippen MR) is 84.3 cm³/mol. The van der Waals surface area contributed by atoms with E-state index in [2.05, 4.69) is 32.8 Å². The largest absolute Gasteiger partial charge is 0.462 e. The number of hydrogen-bond donors (Lipinski definition) is 6. The van der Waals surface area contributed by atoms with Gasteiger partial charge in [0.05, 0.1) is 11.5 Å². The number of carbonyl (C=O) groups is 1. The van der Waals surface area contributed by atoms with Crippen LogP contribution in [0.1, 0.15) is 51.4 Å². The Morgan fingerprint density at radius 1 is 0.913 bits per heavy atom. The molecule has 2 aliphatic carbocycles. The Morgan fingerprint density at radius 3 is 2.22 bits per heavy atom. The molecule has 4 atom stereocenters. The van der Waals surface area contributed by atoms with Gasteiger partial charge in [-0.3, -0.25) is 4.79 Å². The molecule has 23 heavy (non-hydrogen) atoms. The first-order valence-electron chi connectivity index (χ1n) is 8.89. The Bertz CT molecular complexity index is 447. The molecule has 2 saturated carbocycles. The highest BCUT2D eigenvalue weighted by Gasteiger charge is 2.44. The lowest BCUT2D eigenvalue weighted by molar-refractivity contribution is -0.158. The quantitative estimate of drug-likeness (QED) is 0.374. The molecule has 2 heterocycles. The topological polar surface area (TPSA) is 98.5 Å². The second-order valence-electron chi connectivity index (χ2n) is 7.72. The minimum absolute atomic E-state index is 0.00117. The van der Waals surface area contributed by atoms with Crippen LogP contribution in [0.15, 0.2) is 0 Å². The first-order chi connectivity index (χ1) is 11.2. The molecule has 6 N–H and O–H groups in total. The average Bonchev–Trinajstić information content (AvgIpc) is 3.18. The Morgan fingerprint density at radius 2 is 1.57 bits per heavy atom. The molecule has 8 heteroatoms. The van der Waals surface area contributed by atoms with E-state index in [0.717, 1.165) is 64.5 Å². The Balaban J connectivity index is 1.34. The van der Waals surface area contributed by atoms with Crippen LogP contribution in [0.3, 0.4) is 0 Å². The van der Waals surface area contributed by atoms with Gasteiger partial charge in [0.2, 0.25) is 0 Å². The smallest absolute Gasteiger partial charge is 0.309 e. The van der Waals surface area contributed by atoms with Crippen molar-refractivity contribution in [1.82, 2.24) is 32.8 Å². The van der Waals surface area contributed by atoms with Gasteiger partial charge in [0, 0.05) is 25.0 Å². The van der Waals surface area contributed by atoms with Crippen LogP contribution in [-0.2, 0) is 9.53 Å². The van der Waals surface area contributed by atoms with Crippen molar-refractivity contribution in [2.45, 2.75) is 68.5 Å². The molecular weight excluding hydrogens is 296 g/mol. The maximum Gasteiger partial charge on any atom is 0.309 e. The zero-order valence-electron chi connectivity index (χ0n) is 13.5. The summed E-state index contributed by atoms with van der Waals surface area (Å²) in [5.41, 5.74) is 18.9. The SMILES string of the molecule is O=C(OC1CCCC2(CNNN2)C1)C1CCCC2(CNNN2)C1. The Hall–Kier alpha value is -0.770. The van der Waals surface area contributed by atoms with Gasteiger partial charge >= 0.3 is 5.97 Å². The summed E-state index contributed by atoms with van der Waals surface area (Å²) in [5, 5.41) is 0. The fourth-order valence-corrected chi connectivity index (χ4v) is 4.65. The molecule has 0 bridgehead atoms. The van der Waals surface area contributed by atoms with Gasteiger partial charge in [-0.05, 0) is 38.5 Å². The van der Waals surface area contributed by atoms with Gasteiger partial charge in [0.25, 0.3) is 0 Å².